The molecule has 1 N–H and O–H groups in total. The Kier molecular flexibility index (Phi) is 7.61. The van der Waals surface area contributed by atoms with Crippen molar-refractivity contribution in [2.24, 2.45) is 0 Å². The van der Waals surface area contributed by atoms with E-state index in [1.54, 1.807) is 30.3 Å². The van der Waals surface area contributed by atoms with E-state index >= 15 is 0 Å². The number of ether oxygens (including phenoxy) is 2. The summed E-state index contributed by atoms with van der Waals surface area (Å²) in [7, 11) is 2.95. The molecule has 4 aromatic rings. The molecule has 0 aliphatic heterocycles. The van der Waals surface area contributed by atoms with E-state index < -0.39 is 29.2 Å². The van der Waals surface area contributed by atoms with Crippen LogP contribution in [0.2, 0.25) is 0 Å². The van der Waals surface area contributed by atoms with E-state index in [1.807, 2.05) is 32.9 Å². The molecule has 3 aromatic carbocycles. The molecule has 2 amide bonds. The number of anilines is 1. The first-order valence-electron chi connectivity index (χ1n) is 12.0. The molecule has 0 saturated heterocycles. The van der Waals surface area contributed by atoms with Gasteiger partial charge in [0, 0.05) is 16.8 Å². The van der Waals surface area contributed by atoms with Gasteiger partial charge in [0.2, 0.25) is 11.8 Å². The lowest BCUT2D eigenvalue weighted by Gasteiger charge is -2.34. The van der Waals surface area contributed by atoms with E-state index in [2.05, 4.69) is 15.6 Å². The molecule has 198 valence electrons. The van der Waals surface area contributed by atoms with Crippen molar-refractivity contribution in [3.8, 4) is 11.5 Å². The van der Waals surface area contributed by atoms with Gasteiger partial charge < -0.3 is 14.8 Å². The van der Waals surface area contributed by atoms with Crippen LogP contribution in [0.4, 0.5) is 10.1 Å². The van der Waals surface area contributed by atoms with Crippen molar-refractivity contribution < 1.29 is 23.5 Å². The Morgan fingerprint density at radius 2 is 1.71 bits per heavy atom. The first-order valence-corrected chi connectivity index (χ1v) is 12.0. The second kappa shape index (κ2) is 10.9. The molecule has 1 unspecified atom stereocenters. The number of aromatic nitrogens is 3. The molecule has 1 atom stereocenters. The topological polar surface area (TPSA) is 98.6 Å². The van der Waals surface area contributed by atoms with E-state index in [-0.39, 0.29) is 6.54 Å². The molecule has 1 heterocycles. The Balaban J connectivity index is 1.89. The van der Waals surface area contributed by atoms with Crippen molar-refractivity contribution in [2.75, 3.05) is 19.1 Å². The maximum atomic E-state index is 14.1. The summed E-state index contributed by atoms with van der Waals surface area (Å²) in [5, 5.41) is 11.2. The Hall–Kier alpha value is -4.47. The van der Waals surface area contributed by atoms with E-state index in [9.17, 15) is 14.0 Å². The van der Waals surface area contributed by atoms with Crippen molar-refractivity contribution >= 4 is 28.5 Å². The van der Waals surface area contributed by atoms with Gasteiger partial charge in [0.05, 0.1) is 19.7 Å². The monoisotopic (exact) mass is 519 g/mol. The second-order valence-electron chi connectivity index (χ2n) is 9.70. The number of hydrogen-bond donors (Lipinski definition) is 1. The van der Waals surface area contributed by atoms with Crippen molar-refractivity contribution in [2.45, 2.75) is 38.9 Å². The molecule has 10 heteroatoms. The van der Waals surface area contributed by atoms with Gasteiger partial charge in [-0.1, -0.05) is 29.5 Å². The number of fused-ring (bicyclic) bond motifs is 1. The zero-order valence-electron chi connectivity index (χ0n) is 21.9. The predicted octanol–water partition coefficient (Wildman–Crippen LogP) is 4.28. The van der Waals surface area contributed by atoms with Crippen molar-refractivity contribution in [3.05, 3.63) is 78.1 Å². The molecular weight excluding hydrogens is 489 g/mol. The van der Waals surface area contributed by atoms with Gasteiger partial charge in [-0.2, -0.15) is 0 Å². The summed E-state index contributed by atoms with van der Waals surface area (Å²) < 4.78 is 26.5. The SMILES string of the molecule is COc1cccc(C(C(=O)NC(C)(C)C)N(C(=O)Cn2nnc3ccccc32)c2ccc(F)cc2)c1OC. The number of nitrogens with one attached hydrogen (secondary N) is 1. The Morgan fingerprint density at radius 3 is 2.37 bits per heavy atom. The first-order chi connectivity index (χ1) is 18.1. The number of benzene rings is 3. The molecule has 1 aromatic heterocycles. The summed E-state index contributed by atoms with van der Waals surface area (Å²) in [6, 6.07) is 16.6. The van der Waals surface area contributed by atoms with Gasteiger partial charge in [0.25, 0.3) is 0 Å². The Bertz CT molecular complexity index is 1450. The van der Waals surface area contributed by atoms with Gasteiger partial charge in [-0.3, -0.25) is 14.5 Å². The number of rotatable bonds is 8. The van der Waals surface area contributed by atoms with Crippen LogP contribution in [0.1, 0.15) is 32.4 Å². The Morgan fingerprint density at radius 1 is 1.00 bits per heavy atom. The lowest BCUT2D eigenvalue weighted by atomic mass is 9.99. The fourth-order valence-electron chi connectivity index (χ4n) is 4.24. The number of halogens is 1. The van der Waals surface area contributed by atoms with Gasteiger partial charge in [-0.05, 0) is 63.2 Å². The molecule has 0 saturated carbocycles. The van der Waals surface area contributed by atoms with Crippen LogP contribution in [0, 0.1) is 5.82 Å². The summed E-state index contributed by atoms with van der Waals surface area (Å²) in [4.78, 5) is 29.3. The average molecular weight is 520 g/mol. The minimum atomic E-state index is -1.19. The van der Waals surface area contributed by atoms with Crippen molar-refractivity contribution in [3.63, 3.8) is 0 Å². The summed E-state index contributed by atoms with van der Waals surface area (Å²) >= 11 is 0. The smallest absolute Gasteiger partial charge is 0.249 e. The van der Waals surface area contributed by atoms with Gasteiger partial charge in [0.15, 0.2) is 11.5 Å². The number of carbonyl (C=O) groups is 2. The third-order valence-corrected chi connectivity index (χ3v) is 5.81. The lowest BCUT2D eigenvalue weighted by molar-refractivity contribution is -0.128. The highest BCUT2D eigenvalue weighted by Gasteiger charge is 2.37. The second-order valence-corrected chi connectivity index (χ2v) is 9.70. The largest absolute Gasteiger partial charge is 0.493 e. The first kappa shape index (κ1) is 26.6. The highest BCUT2D eigenvalue weighted by atomic mass is 19.1. The third kappa shape index (κ3) is 5.59. The zero-order chi connectivity index (χ0) is 27.4. The fraction of sp³-hybridized carbons (Fsp3) is 0.286. The molecule has 0 radical (unpaired) electrons. The van der Waals surface area contributed by atoms with Crippen LogP contribution in [0.15, 0.2) is 66.7 Å². The minimum absolute atomic E-state index is 0.219. The van der Waals surface area contributed by atoms with Gasteiger partial charge >= 0.3 is 0 Å². The normalized spacial score (nSPS) is 12.2. The quantitative estimate of drug-likeness (QED) is 0.373. The number of hydrogen-bond acceptors (Lipinski definition) is 6. The summed E-state index contributed by atoms with van der Waals surface area (Å²) in [5.74, 6) is -0.697. The standard InChI is InChI=1S/C28H30FN5O4/c1-28(2,3)30-27(36)25(20-9-8-12-23(37-4)26(20)38-5)34(19-15-13-18(29)14-16-19)24(35)17-33-22-11-7-6-10-21(22)31-32-33/h6-16,25H,17H2,1-5H3,(H,30,36). The summed E-state index contributed by atoms with van der Waals surface area (Å²) in [6.45, 7) is 5.31. The molecule has 0 aliphatic rings. The van der Waals surface area contributed by atoms with E-state index in [4.69, 9.17) is 9.47 Å². The average Bonchev–Trinajstić information content (AvgIpc) is 3.29. The third-order valence-electron chi connectivity index (χ3n) is 5.81. The predicted molar refractivity (Wildman–Crippen MR) is 142 cm³/mol. The summed E-state index contributed by atoms with van der Waals surface area (Å²) in [6.07, 6.45) is 0. The van der Waals surface area contributed by atoms with Crippen LogP contribution in [0.3, 0.4) is 0 Å². The number of nitrogens with zero attached hydrogens (tertiary/aromatic N) is 4. The molecule has 0 fully saturated rings. The van der Waals surface area contributed by atoms with Gasteiger partial charge in [-0.15, -0.1) is 5.10 Å². The van der Waals surface area contributed by atoms with E-state index in [1.165, 1.54) is 48.1 Å². The Labute approximate surface area is 220 Å². The minimum Gasteiger partial charge on any atom is -0.493 e. The van der Waals surface area contributed by atoms with Crippen LogP contribution < -0.4 is 19.7 Å². The van der Waals surface area contributed by atoms with E-state index in [0.717, 1.165) is 0 Å². The van der Waals surface area contributed by atoms with Gasteiger partial charge in [0.1, 0.15) is 23.9 Å². The lowest BCUT2D eigenvalue weighted by Crippen LogP contribution is -2.50. The number of amides is 2. The van der Waals surface area contributed by atoms with Crippen LogP contribution >= 0.6 is 0 Å². The van der Waals surface area contributed by atoms with Crippen LogP contribution in [-0.2, 0) is 16.1 Å². The highest BCUT2D eigenvalue weighted by molar-refractivity contribution is 6.02. The maximum absolute atomic E-state index is 14.1. The maximum Gasteiger partial charge on any atom is 0.249 e. The van der Waals surface area contributed by atoms with Crippen molar-refractivity contribution in [1.29, 1.82) is 0 Å². The van der Waals surface area contributed by atoms with Crippen LogP contribution in [0.25, 0.3) is 11.0 Å². The number of para-hydroxylation sites is 2. The molecule has 9 nitrogen and oxygen atoms in total. The summed E-state index contributed by atoms with van der Waals surface area (Å²) in [5.41, 5.74) is 1.40. The molecule has 0 aliphatic carbocycles. The van der Waals surface area contributed by atoms with Crippen molar-refractivity contribution in [1.82, 2.24) is 20.3 Å². The molecular formula is C28H30FN5O4. The highest BCUT2D eigenvalue weighted by Crippen LogP contribution is 2.39. The fourth-order valence-corrected chi connectivity index (χ4v) is 4.24. The molecule has 38 heavy (non-hydrogen) atoms. The zero-order valence-corrected chi connectivity index (χ0v) is 21.9. The molecule has 4 rings (SSSR count). The van der Waals surface area contributed by atoms with E-state index in [0.29, 0.717) is 33.8 Å². The van der Waals surface area contributed by atoms with Gasteiger partial charge in [-0.25, -0.2) is 9.07 Å². The molecule has 0 spiro atoms. The van der Waals surface area contributed by atoms with Crippen LogP contribution in [0.5, 0.6) is 11.5 Å². The molecule has 0 bridgehead atoms. The van der Waals surface area contributed by atoms with Crippen LogP contribution in [-0.4, -0.2) is 46.6 Å². The number of carbonyl (C=O) groups excluding carboxylic acids is 2. The number of methoxy groups -OCH3 is 2.